The second kappa shape index (κ2) is 8.08. The lowest BCUT2D eigenvalue weighted by molar-refractivity contribution is 1.17. The lowest BCUT2D eigenvalue weighted by Crippen LogP contribution is -1.96. The Kier molecular flexibility index (Phi) is 4.44. The van der Waals surface area contributed by atoms with Gasteiger partial charge in [-0.15, -0.1) is 11.3 Å². The molecule has 188 valence electrons. The molecule has 6 aromatic carbocycles. The molecule has 40 heavy (non-hydrogen) atoms. The average Bonchev–Trinajstić information content (AvgIpc) is 3.65. The third kappa shape index (κ3) is 2.87. The fourth-order valence-electron chi connectivity index (χ4n) is 6.74. The number of aromatic nitrogens is 2. The van der Waals surface area contributed by atoms with Crippen molar-refractivity contribution in [2.75, 3.05) is 0 Å². The smallest absolute Gasteiger partial charge is 0.0640 e. The van der Waals surface area contributed by atoms with E-state index in [0.717, 1.165) is 0 Å². The Hall–Kier alpha value is -4.86. The molecule has 3 heteroatoms. The Balaban J connectivity index is 1.38. The number of thiophene rings is 1. The summed E-state index contributed by atoms with van der Waals surface area (Å²) in [5.74, 6) is 0. The van der Waals surface area contributed by atoms with Crippen LogP contribution in [0.5, 0.6) is 0 Å². The molecule has 0 aliphatic carbocycles. The number of para-hydroxylation sites is 2. The summed E-state index contributed by atoms with van der Waals surface area (Å²) in [6, 6.07) is 46.7. The van der Waals surface area contributed by atoms with Gasteiger partial charge in [0, 0.05) is 42.7 Å². The summed E-state index contributed by atoms with van der Waals surface area (Å²) < 4.78 is 7.54. The number of aryl methyl sites for hydroxylation is 1. The van der Waals surface area contributed by atoms with Crippen LogP contribution in [-0.4, -0.2) is 9.13 Å². The zero-order valence-corrected chi connectivity index (χ0v) is 22.7. The van der Waals surface area contributed by atoms with Crippen LogP contribution in [-0.2, 0) is 0 Å². The first-order valence-electron chi connectivity index (χ1n) is 13.7. The van der Waals surface area contributed by atoms with Crippen LogP contribution in [0, 0.1) is 6.92 Å². The predicted molar refractivity (Wildman–Crippen MR) is 173 cm³/mol. The van der Waals surface area contributed by atoms with Crippen molar-refractivity contribution >= 4 is 75.1 Å². The lowest BCUT2D eigenvalue weighted by atomic mass is 10.1. The second-order valence-electron chi connectivity index (χ2n) is 10.6. The van der Waals surface area contributed by atoms with Gasteiger partial charge in [0.25, 0.3) is 0 Å². The van der Waals surface area contributed by atoms with Gasteiger partial charge in [-0.3, -0.25) is 0 Å². The Morgan fingerprint density at radius 1 is 0.475 bits per heavy atom. The Labute approximate surface area is 234 Å². The summed E-state index contributed by atoms with van der Waals surface area (Å²) in [4.78, 5) is 0. The number of hydrogen-bond acceptors (Lipinski definition) is 1. The van der Waals surface area contributed by atoms with Crippen molar-refractivity contribution in [3.63, 3.8) is 0 Å². The second-order valence-corrected chi connectivity index (χ2v) is 11.7. The molecular formula is C37H24N2S. The predicted octanol–water partition coefficient (Wildman–Crippen LogP) is 10.6. The van der Waals surface area contributed by atoms with Crippen LogP contribution in [0.3, 0.4) is 0 Å². The molecule has 0 amide bonds. The lowest BCUT2D eigenvalue weighted by Gasteiger charge is -2.11. The van der Waals surface area contributed by atoms with Gasteiger partial charge in [0.15, 0.2) is 0 Å². The van der Waals surface area contributed by atoms with E-state index < -0.39 is 0 Å². The van der Waals surface area contributed by atoms with E-state index in [1.807, 2.05) is 11.3 Å². The van der Waals surface area contributed by atoms with Crippen LogP contribution in [0.1, 0.15) is 5.56 Å². The van der Waals surface area contributed by atoms with E-state index in [1.54, 1.807) is 0 Å². The maximum Gasteiger partial charge on any atom is 0.0640 e. The first kappa shape index (κ1) is 22.0. The van der Waals surface area contributed by atoms with Crippen molar-refractivity contribution in [1.82, 2.24) is 9.13 Å². The number of benzene rings is 6. The van der Waals surface area contributed by atoms with Gasteiger partial charge in [-0.25, -0.2) is 0 Å². The molecule has 3 aromatic heterocycles. The zero-order valence-electron chi connectivity index (χ0n) is 21.9. The third-order valence-corrected chi connectivity index (χ3v) is 9.65. The van der Waals surface area contributed by atoms with Gasteiger partial charge < -0.3 is 9.13 Å². The summed E-state index contributed by atoms with van der Waals surface area (Å²) in [7, 11) is 0. The van der Waals surface area contributed by atoms with Crippen LogP contribution in [0.4, 0.5) is 0 Å². The molecule has 0 unspecified atom stereocenters. The molecule has 0 saturated heterocycles. The van der Waals surface area contributed by atoms with Gasteiger partial charge in [-0.05, 0) is 61.0 Å². The Bertz CT molecular complexity index is 2450. The van der Waals surface area contributed by atoms with Crippen LogP contribution < -0.4 is 0 Å². The zero-order chi connectivity index (χ0) is 26.4. The van der Waals surface area contributed by atoms with Gasteiger partial charge >= 0.3 is 0 Å². The van der Waals surface area contributed by atoms with E-state index in [-0.39, 0.29) is 0 Å². The molecule has 0 radical (unpaired) electrons. The van der Waals surface area contributed by atoms with E-state index in [2.05, 4.69) is 143 Å². The van der Waals surface area contributed by atoms with E-state index in [4.69, 9.17) is 0 Å². The number of hydrogen-bond donors (Lipinski definition) is 0. The van der Waals surface area contributed by atoms with E-state index >= 15 is 0 Å². The molecule has 0 aliphatic heterocycles. The SMILES string of the molecule is Cc1cccc2c1c1ccccc1n2-c1ccc2c(c1)c1ccccc1n2-c1cccc2c1sc1ccccc12. The molecule has 3 heterocycles. The molecule has 9 rings (SSSR count). The number of rotatable bonds is 2. The van der Waals surface area contributed by atoms with Crippen molar-refractivity contribution in [2.24, 2.45) is 0 Å². The topological polar surface area (TPSA) is 9.86 Å². The molecule has 9 aromatic rings. The first-order chi connectivity index (χ1) is 19.8. The minimum absolute atomic E-state index is 1.19. The molecular weight excluding hydrogens is 504 g/mol. The highest BCUT2D eigenvalue weighted by atomic mass is 32.1. The fourth-order valence-corrected chi connectivity index (χ4v) is 7.95. The highest BCUT2D eigenvalue weighted by Crippen LogP contribution is 2.42. The summed E-state index contributed by atoms with van der Waals surface area (Å²) in [5, 5.41) is 7.82. The van der Waals surface area contributed by atoms with Crippen molar-refractivity contribution in [2.45, 2.75) is 6.92 Å². The van der Waals surface area contributed by atoms with Crippen molar-refractivity contribution in [3.8, 4) is 11.4 Å². The van der Waals surface area contributed by atoms with Crippen LogP contribution in [0.2, 0.25) is 0 Å². The maximum absolute atomic E-state index is 2.46. The minimum atomic E-state index is 1.19. The quantitative estimate of drug-likeness (QED) is 0.211. The highest BCUT2D eigenvalue weighted by Gasteiger charge is 2.18. The molecule has 0 N–H and O–H groups in total. The molecule has 0 saturated carbocycles. The molecule has 0 spiro atoms. The molecule has 2 nitrogen and oxygen atoms in total. The van der Waals surface area contributed by atoms with Gasteiger partial charge in [0.05, 0.1) is 32.5 Å². The maximum atomic E-state index is 2.46. The van der Waals surface area contributed by atoms with Crippen molar-refractivity contribution < 1.29 is 0 Å². The molecule has 0 atom stereocenters. The molecule has 0 fully saturated rings. The monoisotopic (exact) mass is 528 g/mol. The van der Waals surface area contributed by atoms with Crippen LogP contribution in [0.15, 0.2) is 127 Å². The minimum Gasteiger partial charge on any atom is -0.309 e. The van der Waals surface area contributed by atoms with Gasteiger partial charge in [0.1, 0.15) is 0 Å². The molecule has 0 bridgehead atoms. The summed E-state index contributed by atoms with van der Waals surface area (Å²) in [6.45, 7) is 2.21. The summed E-state index contributed by atoms with van der Waals surface area (Å²) >= 11 is 1.88. The average molecular weight is 529 g/mol. The van der Waals surface area contributed by atoms with E-state index in [1.165, 1.54) is 80.7 Å². The normalized spacial score (nSPS) is 12.1. The van der Waals surface area contributed by atoms with Gasteiger partial charge in [-0.2, -0.15) is 0 Å². The summed E-state index contributed by atoms with van der Waals surface area (Å²) in [6.07, 6.45) is 0. The van der Waals surface area contributed by atoms with Crippen LogP contribution in [0.25, 0.3) is 75.2 Å². The third-order valence-electron chi connectivity index (χ3n) is 8.44. The largest absolute Gasteiger partial charge is 0.309 e. The Morgan fingerprint density at radius 3 is 2.00 bits per heavy atom. The first-order valence-corrected chi connectivity index (χ1v) is 14.5. The highest BCUT2D eigenvalue weighted by molar-refractivity contribution is 7.26. The standard InChI is InChI=1S/C37H24N2S/c1-23-10-8-17-33-36(23)28-13-3-6-16-31(28)38(33)24-20-21-32-29(22-24)25-11-2-5-15-30(25)39(32)34-18-9-14-27-26-12-4-7-19-35(26)40-37(27)34/h2-22H,1H3. The van der Waals surface area contributed by atoms with E-state index in [9.17, 15) is 0 Å². The van der Waals surface area contributed by atoms with Crippen molar-refractivity contribution in [1.29, 1.82) is 0 Å². The van der Waals surface area contributed by atoms with E-state index in [0.29, 0.717) is 0 Å². The summed E-state index contributed by atoms with van der Waals surface area (Å²) in [5.41, 5.74) is 8.69. The number of fused-ring (bicyclic) bond motifs is 9. The Morgan fingerprint density at radius 2 is 1.12 bits per heavy atom. The van der Waals surface area contributed by atoms with Gasteiger partial charge in [-0.1, -0.05) is 78.9 Å². The van der Waals surface area contributed by atoms with Crippen LogP contribution >= 0.6 is 11.3 Å². The fraction of sp³-hybridized carbons (Fsp3) is 0.0270. The molecule has 0 aliphatic rings. The van der Waals surface area contributed by atoms with Crippen molar-refractivity contribution in [3.05, 3.63) is 133 Å². The van der Waals surface area contributed by atoms with Gasteiger partial charge in [0.2, 0.25) is 0 Å². The number of nitrogens with zero attached hydrogens (tertiary/aromatic N) is 2.